The van der Waals surface area contributed by atoms with Crippen molar-refractivity contribution in [2.45, 2.75) is 26.1 Å². The topological polar surface area (TPSA) is 112 Å². The maximum Gasteiger partial charge on any atom is 0.416 e. The van der Waals surface area contributed by atoms with Crippen LogP contribution in [0.3, 0.4) is 0 Å². The first-order valence-corrected chi connectivity index (χ1v) is 11.2. The van der Waals surface area contributed by atoms with Crippen molar-refractivity contribution < 1.29 is 26.8 Å². The van der Waals surface area contributed by atoms with Crippen LogP contribution in [0.4, 0.5) is 29.1 Å². The van der Waals surface area contributed by atoms with E-state index in [1.165, 1.54) is 12.4 Å². The van der Waals surface area contributed by atoms with E-state index in [1.54, 1.807) is 10.7 Å². The van der Waals surface area contributed by atoms with Gasteiger partial charge in [-0.3, -0.25) is 4.79 Å². The molecule has 3 aromatic heterocycles. The Labute approximate surface area is 211 Å². The molecule has 0 aliphatic heterocycles. The number of hydrogen-bond acceptors (Lipinski definition) is 6. The lowest BCUT2D eigenvalue weighted by Gasteiger charge is -2.10. The van der Waals surface area contributed by atoms with Gasteiger partial charge >= 0.3 is 6.18 Å². The van der Waals surface area contributed by atoms with Crippen LogP contribution in [0.1, 0.15) is 35.8 Å². The second kappa shape index (κ2) is 8.73. The number of aromatic nitrogens is 4. The van der Waals surface area contributed by atoms with Gasteiger partial charge < -0.3 is 15.5 Å². The molecule has 37 heavy (non-hydrogen) atoms. The molecule has 0 unspecified atom stereocenters. The number of halogens is 5. The largest absolute Gasteiger partial charge is 0.462 e. The summed E-state index contributed by atoms with van der Waals surface area (Å²) in [5.74, 6) is -1.71. The summed E-state index contributed by atoms with van der Waals surface area (Å²) in [6, 6.07) is 4.82. The molecule has 5 rings (SSSR count). The monoisotopic (exact) mass is 532 g/mol. The van der Waals surface area contributed by atoms with Crippen molar-refractivity contribution in [1.29, 1.82) is 0 Å². The van der Waals surface area contributed by atoms with Crippen LogP contribution in [0.5, 0.6) is 0 Å². The van der Waals surface area contributed by atoms with E-state index in [0.29, 0.717) is 40.5 Å². The molecule has 0 spiro atoms. The van der Waals surface area contributed by atoms with Gasteiger partial charge in [-0.25, -0.2) is 19.0 Å². The predicted octanol–water partition coefficient (Wildman–Crippen LogP) is 6.47. The molecule has 8 nitrogen and oxygen atoms in total. The van der Waals surface area contributed by atoms with Crippen molar-refractivity contribution in [3.63, 3.8) is 0 Å². The summed E-state index contributed by atoms with van der Waals surface area (Å²) in [6.07, 6.45) is -2.29. The molecular formula is C24H17ClF4N6O2. The van der Waals surface area contributed by atoms with Gasteiger partial charge in [0.15, 0.2) is 11.2 Å². The number of rotatable bonds is 4. The summed E-state index contributed by atoms with van der Waals surface area (Å²) in [4.78, 5) is 21.2. The zero-order valence-electron chi connectivity index (χ0n) is 19.2. The third kappa shape index (κ3) is 4.12. The Morgan fingerprint density at radius 3 is 2.65 bits per heavy atom. The molecule has 5 aromatic rings. The van der Waals surface area contributed by atoms with Crippen LogP contribution < -0.4 is 11.1 Å². The van der Waals surface area contributed by atoms with Crippen LogP contribution in [-0.2, 0) is 6.18 Å². The number of nitrogens with two attached hydrogens (primary N) is 1. The number of carbonyl (C=O) groups excluding carboxylic acids is 1. The SMILES string of the molecule is CC(C)n1nc(-c2ccc3c(C(=O)Nc4cc(C(F)(F)F)ccc4F)coc3c2Cl)c2c(N)ncnc21. The minimum Gasteiger partial charge on any atom is -0.462 e. The fourth-order valence-electron chi connectivity index (χ4n) is 3.95. The number of nitrogens with one attached hydrogen (secondary N) is 1. The molecule has 3 heterocycles. The van der Waals surface area contributed by atoms with Crippen LogP contribution in [0, 0.1) is 5.82 Å². The van der Waals surface area contributed by atoms with Crippen LogP contribution in [0.15, 0.2) is 47.3 Å². The summed E-state index contributed by atoms with van der Waals surface area (Å²) in [6.45, 7) is 3.84. The van der Waals surface area contributed by atoms with Crippen molar-refractivity contribution >= 4 is 51.0 Å². The van der Waals surface area contributed by atoms with E-state index in [0.717, 1.165) is 6.26 Å². The first-order chi connectivity index (χ1) is 17.5. The van der Waals surface area contributed by atoms with E-state index in [1.807, 2.05) is 13.8 Å². The highest BCUT2D eigenvalue weighted by atomic mass is 35.5. The zero-order valence-corrected chi connectivity index (χ0v) is 19.9. The van der Waals surface area contributed by atoms with Crippen molar-refractivity contribution in [3.05, 3.63) is 64.9 Å². The average molecular weight is 533 g/mol. The molecule has 0 fully saturated rings. The minimum atomic E-state index is -4.71. The van der Waals surface area contributed by atoms with Gasteiger partial charge in [0.1, 0.15) is 29.9 Å². The maximum absolute atomic E-state index is 14.1. The van der Waals surface area contributed by atoms with E-state index in [9.17, 15) is 22.4 Å². The Kier molecular flexibility index (Phi) is 5.78. The lowest BCUT2D eigenvalue weighted by atomic mass is 10.1. The molecule has 3 N–H and O–H groups in total. The third-order valence-electron chi connectivity index (χ3n) is 5.73. The summed E-state index contributed by atoms with van der Waals surface area (Å²) in [5, 5.41) is 7.64. The Morgan fingerprint density at radius 2 is 1.95 bits per heavy atom. The van der Waals surface area contributed by atoms with Gasteiger partial charge in [0.25, 0.3) is 5.91 Å². The summed E-state index contributed by atoms with van der Waals surface area (Å²) >= 11 is 6.65. The summed E-state index contributed by atoms with van der Waals surface area (Å²) in [5.41, 5.74) is 5.80. The second-order valence-electron chi connectivity index (χ2n) is 8.44. The molecule has 0 aliphatic rings. The highest BCUT2D eigenvalue weighted by Gasteiger charge is 2.31. The van der Waals surface area contributed by atoms with E-state index in [4.69, 9.17) is 21.8 Å². The van der Waals surface area contributed by atoms with E-state index in [-0.39, 0.29) is 33.4 Å². The van der Waals surface area contributed by atoms with Gasteiger partial charge in [-0.2, -0.15) is 18.3 Å². The lowest BCUT2D eigenvalue weighted by Crippen LogP contribution is -2.14. The number of hydrogen-bond donors (Lipinski definition) is 2. The normalized spacial score (nSPS) is 12.1. The molecule has 2 aromatic carbocycles. The van der Waals surface area contributed by atoms with Crippen molar-refractivity contribution in [3.8, 4) is 11.3 Å². The highest BCUT2D eigenvalue weighted by molar-refractivity contribution is 6.38. The highest BCUT2D eigenvalue weighted by Crippen LogP contribution is 2.40. The van der Waals surface area contributed by atoms with E-state index < -0.39 is 29.2 Å². The number of carbonyl (C=O) groups is 1. The van der Waals surface area contributed by atoms with Gasteiger partial charge in [-0.15, -0.1) is 0 Å². The summed E-state index contributed by atoms with van der Waals surface area (Å²) in [7, 11) is 0. The number of nitrogen functional groups attached to an aromatic ring is 1. The van der Waals surface area contributed by atoms with E-state index >= 15 is 0 Å². The van der Waals surface area contributed by atoms with Gasteiger partial charge in [-0.05, 0) is 38.1 Å². The maximum atomic E-state index is 14.1. The van der Waals surface area contributed by atoms with Crippen molar-refractivity contribution in [1.82, 2.24) is 19.7 Å². The molecule has 0 radical (unpaired) electrons. The van der Waals surface area contributed by atoms with Crippen molar-refractivity contribution in [2.24, 2.45) is 0 Å². The quantitative estimate of drug-likeness (QED) is 0.257. The van der Waals surface area contributed by atoms with Gasteiger partial charge in [0, 0.05) is 17.0 Å². The number of alkyl halides is 3. The molecule has 190 valence electrons. The second-order valence-corrected chi connectivity index (χ2v) is 8.82. The van der Waals surface area contributed by atoms with Gasteiger partial charge in [0.2, 0.25) is 0 Å². The third-order valence-corrected chi connectivity index (χ3v) is 6.11. The van der Waals surface area contributed by atoms with E-state index in [2.05, 4.69) is 20.4 Å². The molecule has 0 aliphatic carbocycles. The number of nitrogens with zero attached hydrogens (tertiary/aromatic N) is 4. The Bertz CT molecular complexity index is 1690. The summed E-state index contributed by atoms with van der Waals surface area (Å²) < 4.78 is 60.4. The smallest absolute Gasteiger partial charge is 0.416 e. The standard InChI is InChI=1S/C24H17ClF4N6O2/c1-10(2)35-22-17(21(30)31-9-32-22)19(34-35)13-5-4-12-14(8-37-20(12)18(13)25)23(36)33-16-7-11(24(27,28)29)3-6-15(16)26/h3-10H,1-2H3,(H,33,36)(H2,30,31,32). The molecule has 0 atom stereocenters. The first kappa shape index (κ1) is 24.5. The molecular weight excluding hydrogens is 516 g/mol. The molecule has 0 bridgehead atoms. The number of amides is 1. The Morgan fingerprint density at radius 1 is 1.19 bits per heavy atom. The van der Waals surface area contributed by atoms with Crippen LogP contribution in [0.25, 0.3) is 33.3 Å². The molecule has 0 saturated carbocycles. The molecule has 0 saturated heterocycles. The number of fused-ring (bicyclic) bond motifs is 2. The minimum absolute atomic E-state index is 0.0526. The van der Waals surface area contributed by atoms with Gasteiger partial charge in [-0.1, -0.05) is 17.7 Å². The van der Waals surface area contributed by atoms with Crippen LogP contribution >= 0.6 is 11.6 Å². The first-order valence-electron chi connectivity index (χ1n) is 10.8. The van der Waals surface area contributed by atoms with Crippen LogP contribution in [0.2, 0.25) is 5.02 Å². The number of furan rings is 1. The van der Waals surface area contributed by atoms with Crippen LogP contribution in [-0.4, -0.2) is 25.7 Å². The average Bonchev–Trinajstić information content (AvgIpc) is 3.43. The fraction of sp³-hybridized carbons (Fsp3) is 0.167. The molecule has 13 heteroatoms. The predicted molar refractivity (Wildman–Crippen MR) is 130 cm³/mol. The number of anilines is 2. The Hall–Kier alpha value is -4.19. The number of benzene rings is 2. The Balaban J connectivity index is 1.57. The molecule has 1 amide bonds. The van der Waals surface area contributed by atoms with Crippen molar-refractivity contribution in [2.75, 3.05) is 11.1 Å². The zero-order chi connectivity index (χ0) is 26.6. The van der Waals surface area contributed by atoms with Gasteiger partial charge in [0.05, 0.1) is 27.2 Å². The fourth-order valence-corrected chi connectivity index (χ4v) is 4.25. The lowest BCUT2D eigenvalue weighted by molar-refractivity contribution is -0.137.